The maximum Gasteiger partial charge on any atom is 0.165 e. The molecule has 0 aromatic carbocycles. The summed E-state index contributed by atoms with van der Waals surface area (Å²) in [5, 5.41) is 3.37. The Morgan fingerprint density at radius 1 is 1.50 bits per heavy atom. The molecule has 1 aliphatic heterocycles. The zero-order valence-corrected chi connectivity index (χ0v) is 10.4. The van der Waals surface area contributed by atoms with Crippen molar-refractivity contribution in [3.8, 4) is 0 Å². The third kappa shape index (κ3) is 1.96. The first-order valence-electron chi connectivity index (χ1n) is 6.38. The maximum atomic E-state index is 13.7. The summed E-state index contributed by atoms with van der Waals surface area (Å²) in [5.41, 5.74) is 4.53. The number of nitrogens with one attached hydrogen (secondary N) is 1. The van der Waals surface area contributed by atoms with Crippen molar-refractivity contribution in [3.63, 3.8) is 0 Å². The molecule has 1 N–H and O–H groups in total. The molecule has 18 heavy (non-hydrogen) atoms. The van der Waals surface area contributed by atoms with Crippen LogP contribution in [-0.4, -0.2) is 13.1 Å². The van der Waals surface area contributed by atoms with E-state index >= 15 is 0 Å². The molecule has 1 fully saturated rings. The van der Waals surface area contributed by atoms with E-state index in [1.165, 1.54) is 0 Å². The summed E-state index contributed by atoms with van der Waals surface area (Å²) >= 11 is 0. The van der Waals surface area contributed by atoms with Crippen LogP contribution in [0.3, 0.4) is 0 Å². The quantitative estimate of drug-likeness (QED) is 0.767. The molecular weight excluding hydrogens is 229 g/mol. The minimum atomic E-state index is -0.317. The molecule has 1 aliphatic carbocycles. The summed E-state index contributed by atoms with van der Waals surface area (Å²) in [7, 11) is 0. The third-order valence-electron chi connectivity index (χ3n) is 3.79. The van der Waals surface area contributed by atoms with Gasteiger partial charge in [-0.05, 0) is 49.6 Å². The Morgan fingerprint density at radius 2 is 2.39 bits per heavy atom. The number of allylic oxidation sites excluding steroid dienone is 3. The van der Waals surface area contributed by atoms with Crippen LogP contribution in [0, 0.1) is 11.8 Å². The topological polar surface area (TPSA) is 25.2 Å². The third-order valence-corrected chi connectivity index (χ3v) is 3.79. The van der Waals surface area contributed by atoms with Crippen molar-refractivity contribution in [3.05, 3.63) is 41.3 Å². The van der Waals surface area contributed by atoms with Crippen molar-refractivity contribution < 1.29 is 8.81 Å². The highest BCUT2D eigenvalue weighted by molar-refractivity contribution is 5.75. The van der Waals surface area contributed by atoms with Gasteiger partial charge < -0.3 is 9.73 Å². The molecule has 3 heteroatoms. The van der Waals surface area contributed by atoms with Gasteiger partial charge in [-0.15, -0.1) is 0 Å². The lowest BCUT2D eigenvalue weighted by Crippen LogP contribution is -2.35. The summed E-state index contributed by atoms with van der Waals surface area (Å²) in [6.45, 7) is 4.14. The molecule has 2 heterocycles. The van der Waals surface area contributed by atoms with Gasteiger partial charge in [0.15, 0.2) is 5.83 Å². The Morgan fingerprint density at radius 3 is 3.22 bits per heavy atom. The van der Waals surface area contributed by atoms with E-state index in [0.29, 0.717) is 11.8 Å². The van der Waals surface area contributed by atoms with Crippen LogP contribution in [0.15, 0.2) is 34.4 Å². The second kappa shape index (κ2) is 4.60. The van der Waals surface area contributed by atoms with E-state index in [4.69, 9.17) is 4.42 Å². The normalized spacial score (nSPS) is 27.2. The number of furan rings is 1. The monoisotopic (exact) mass is 245 g/mol. The van der Waals surface area contributed by atoms with Gasteiger partial charge in [0, 0.05) is 11.1 Å². The van der Waals surface area contributed by atoms with Gasteiger partial charge in [-0.3, -0.25) is 0 Å². The highest BCUT2D eigenvalue weighted by Gasteiger charge is 2.28. The van der Waals surface area contributed by atoms with E-state index in [1.807, 2.05) is 6.07 Å². The number of rotatable bonds is 1. The first kappa shape index (κ1) is 11.5. The fourth-order valence-electron chi connectivity index (χ4n) is 2.81. The summed E-state index contributed by atoms with van der Waals surface area (Å²) < 4.78 is 19.2. The predicted octanol–water partition coefficient (Wildman–Crippen LogP) is 3.39. The molecule has 0 saturated carbocycles. The van der Waals surface area contributed by atoms with Crippen LogP contribution in [-0.2, 0) is 0 Å². The fourth-order valence-corrected chi connectivity index (χ4v) is 2.81. The molecule has 2 nitrogen and oxygen atoms in total. The van der Waals surface area contributed by atoms with Gasteiger partial charge in [0.2, 0.25) is 0 Å². The maximum absolute atomic E-state index is 13.7. The molecule has 0 radical (unpaired) electrons. The van der Waals surface area contributed by atoms with E-state index in [2.05, 4.69) is 18.0 Å². The molecule has 2 atom stereocenters. The molecule has 3 rings (SSSR count). The Bertz CT molecular complexity index is 549. The van der Waals surface area contributed by atoms with Crippen molar-refractivity contribution in [2.45, 2.75) is 13.3 Å². The van der Waals surface area contributed by atoms with Gasteiger partial charge in [-0.1, -0.05) is 12.7 Å². The molecule has 1 aromatic heterocycles. The largest absolute Gasteiger partial charge is 0.464 e. The molecule has 94 valence electrons. The van der Waals surface area contributed by atoms with Crippen LogP contribution >= 0.6 is 0 Å². The van der Waals surface area contributed by atoms with Gasteiger partial charge in [0.25, 0.3) is 0 Å². The Balaban J connectivity index is 2.05. The minimum absolute atomic E-state index is 0.317. The number of halogens is 1. The Hall–Kier alpha value is -1.57. The molecule has 0 bridgehead atoms. The first-order chi connectivity index (χ1) is 8.75. The van der Waals surface area contributed by atoms with Gasteiger partial charge in [-0.25, -0.2) is 0 Å². The standard InChI is InChI=1S/C15H16FNO/c1-10-9-17-6-4-13(10)14-8-12(16)3-2-11-5-7-18-15(11)14/h2,5,7-8,10,13,17H,4,6,9H2,1H3/t10-,13+/m1/s1. The molecule has 0 spiro atoms. The number of hydrogen-bond donors (Lipinski definition) is 1. The Labute approximate surface area is 106 Å². The zero-order chi connectivity index (χ0) is 12.5. The number of hydrogen-bond acceptors (Lipinski definition) is 2. The number of piperidine rings is 1. The molecule has 2 aliphatic rings. The lowest BCUT2D eigenvalue weighted by molar-refractivity contribution is 0.330. The van der Waals surface area contributed by atoms with Gasteiger partial charge >= 0.3 is 0 Å². The molecule has 1 saturated heterocycles. The highest BCUT2D eigenvalue weighted by atomic mass is 19.1. The lowest BCUT2D eigenvalue weighted by Gasteiger charge is -2.30. The van der Waals surface area contributed by atoms with Crippen LogP contribution in [0.4, 0.5) is 4.39 Å². The van der Waals surface area contributed by atoms with E-state index in [0.717, 1.165) is 36.4 Å². The van der Waals surface area contributed by atoms with Gasteiger partial charge in [0.05, 0.1) is 6.26 Å². The molecule has 0 amide bonds. The van der Waals surface area contributed by atoms with E-state index in [1.54, 1.807) is 18.4 Å². The van der Waals surface area contributed by atoms with Crippen LogP contribution in [0.1, 0.15) is 24.7 Å². The summed E-state index contributed by atoms with van der Waals surface area (Å²) in [5.74, 6) is 1.31. The molecular formula is C15H16FNO. The summed E-state index contributed by atoms with van der Waals surface area (Å²) in [6, 6.07) is 1.86. The van der Waals surface area contributed by atoms with E-state index in [9.17, 15) is 4.39 Å². The van der Waals surface area contributed by atoms with Crippen LogP contribution < -0.4 is 5.32 Å². The van der Waals surface area contributed by atoms with Crippen molar-refractivity contribution >= 4 is 11.6 Å². The van der Waals surface area contributed by atoms with Crippen molar-refractivity contribution in [1.82, 2.24) is 5.32 Å². The van der Waals surface area contributed by atoms with Gasteiger partial charge in [0.1, 0.15) is 5.76 Å². The second-order valence-electron chi connectivity index (χ2n) is 5.02. The SMILES string of the molecule is C[C@@H]1CNCC[C@@H]1C1=CC(F)=C=Cc2ccoc21. The first-order valence-corrected chi connectivity index (χ1v) is 6.38. The lowest BCUT2D eigenvalue weighted by atomic mass is 9.80. The van der Waals surface area contributed by atoms with Crippen LogP contribution in [0.2, 0.25) is 0 Å². The van der Waals surface area contributed by atoms with Crippen molar-refractivity contribution in [1.29, 1.82) is 0 Å². The average molecular weight is 245 g/mol. The average Bonchev–Trinajstić information content (AvgIpc) is 2.77. The fraction of sp³-hybridized carbons (Fsp3) is 0.400. The Kier molecular flexibility index (Phi) is 2.94. The number of fused-ring (bicyclic) bond motifs is 1. The minimum Gasteiger partial charge on any atom is -0.464 e. The second-order valence-corrected chi connectivity index (χ2v) is 5.02. The summed E-state index contributed by atoms with van der Waals surface area (Å²) in [4.78, 5) is 0. The van der Waals surface area contributed by atoms with E-state index < -0.39 is 0 Å². The van der Waals surface area contributed by atoms with Gasteiger partial charge in [-0.2, -0.15) is 4.39 Å². The molecule has 0 unspecified atom stereocenters. The zero-order valence-electron chi connectivity index (χ0n) is 10.4. The van der Waals surface area contributed by atoms with Crippen molar-refractivity contribution in [2.24, 2.45) is 11.8 Å². The van der Waals surface area contributed by atoms with E-state index in [-0.39, 0.29) is 5.83 Å². The smallest absolute Gasteiger partial charge is 0.165 e. The summed E-state index contributed by atoms with van der Waals surface area (Å²) in [6.07, 6.45) is 5.91. The van der Waals surface area contributed by atoms with Crippen LogP contribution in [0.25, 0.3) is 11.6 Å². The van der Waals surface area contributed by atoms with Crippen LogP contribution in [0.5, 0.6) is 0 Å². The predicted molar refractivity (Wildman–Crippen MR) is 69.4 cm³/mol. The highest BCUT2D eigenvalue weighted by Crippen LogP contribution is 2.37. The molecule has 1 aromatic rings. The van der Waals surface area contributed by atoms with Crippen molar-refractivity contribution in [2.75, 3.05) is 13.1 Å².